The van der Waals surface area contributed by atoms with Gasteiger partial charge in [0.2, 0.25) is 0 Å². The van der Waals surface area contributed by atoms with Crippen molar-refractivity contribution < 1.29 is 18.7 Å². The highest BCUT2D eigenvalue weighted by Gasteiger charge is 2.37. The fourth-order valence-corrected chi connectivity index (χ4v) is 3.34. The van der Waals surface area contributed by atoms with Crippen LogP contribution in [0.4, 0.5) is 10.7 Å². The molecule has 2 amide bonds. The van der Waals surface area contributed by atoms with Crippen molar-refractivity contribution in [1.82, 2.24) is 4.90 Å². The number of ether oxygens (including phenoxy) is 1. The van der Waals surface area contributed by atoms with Gasteiger partial charge in [0, 0.05) is 25.2 Å². The second kappa shape index (κ2) is 6.64. The Hall–Kier alpha value is -1.99. The molecule has 1 aromatic heterocycles. The summed E-state index contributed by atoms with van der Waals surface area (Å²) in [6, 6.07) is 3.35. The van der Waals surface area contributed by atoms with Crippen LogP contribution in [-0.2, 0) is 9.53 Å². The number of hydrogen-bond acceptors (Lipinski definition) is 6. The van der Waals surface area contributed by atoms with Gasteiger partial charge in [-0.3, -0.25) is 14.5 Å². The molecule has 6 nitrogen and oxygen atoms in total. The number of anilines is 1. The number of hydrogen-bond donors (Lipinski definition) is 0. The van der Waals surface area contributed by atoms with Crippen molar-refractivity contribution in [2.24, 2.45) is 0 Å². The summed E-state index contributed by atoms with van der Waals surface area (Å²) in [4.78, 5) is 28.0. The molecule has 0 spiro atoms. The zero-order valence-corrected chi connectivity index (χ0v) is 13.7. The molecule has 2 aliphatic heterocycles. The smallest absolute Gasteiger partial charge is 0.294 e. The van der Waals surface area contributed by atoms with Gasteiger partial charge in [0.15, 0.2) is 5.88 Å². The molecule has 0 bridgehead atoms. The topological polar surface area (TPSA) is 63.0 Å². The molecule has 0 radical (unpaired) electrons. The maximum absolute atomic E-state index is 12.3. The first-order valence-corrected chi connectivity index (χ1v) is 8.24. The number of carbonyl (C=O) groups is 2. The average Bonchev–Trinajstić information content (AvgIpc) is 3.13. The Kier molecular flexibility index (Phi) is 4.58. The monoisotopic (exact) mass is 334 g/mol. The number of furan rings is 1. The third-order valence-corrected chi connectivity index (χ3v) is 4.66. The minimum atomic E-state index is -0.325. The molecule has 23 heavy (non-hydrogen) atoms. The first-order chi connectivity index (χ1) is 11.1. The molecule has 0 unspecified atom stereocenters. The van der Waals surface area contributed by atoms with Crippen LogP contribution in [0, 0.1) is 0 Å². The van der Waals surface area contributed by atoms with Crippen molar-refractivity contribution >= 4 is 34.9 Å². The Morgan fingerprint density at radius 1 is 1.30 bits per heavy atom. The van der Waals surface area contributed by atoms with Crippen LogP contribution in [0.5, 0.6) is 0 Å². The van der Waals surface area contributed by atoms with Crippen LogP contribution >= 0.6 is 11.8 Å². The van der Waals surface area contributed by atoms with E-state index in [9.17, 15) is 9.59 Å². The summed E-state index contributed by atoms with van der Waals surface area (Å²) in [7, 11) is 0. The summed E-state index contributed by atoms with van der Waals surface area (Å²) in [5.41, 5.74) is 0. The Labute approximate surface area is 138 Å². The number of carbonyl (C=O) groups excluding carboxylic acids is 2. The molecule has 3 rings (SSSR count). The van der Waals surface area contributed by atoms with Crippen LogP contribution in [-0.4, -0.2) is 48.4 Å². The molecule has 0 N–H and O–H groups in total. The Morgan fingerprint density at radius 3 is 2.74 bits per heavy atom. The summed E-state index contributed by atoms with van der Waals surface area (Å²) >= 11 is 0.922. The maximum atomic E-state index is 12.3. The minimum absolute atomic E-state index is 0.284. The predicted octanol–water partition coefficient (Wildman–Crippen LogP) is 2.73. The van der Waals surface area contributed by atoms with Crippen LogP contribution in [0.1, 0.15) is 12.7 Å². The van der Waals surface area contributed by atoms with Crippen LogP contribution in [0.3, 0.4) is 0 Å². The molecule has 0 saturated carbocycles. The average molecular weight is 334 g/mol. The Balaban J connectivity index is 1.77. The summed E-state index contributed by atoms with van der Waals surface area (Å²) in [6.45, 7) is 8.29. The molecular weight excluding hydrogens is 316 g/mol. The fraction of sp³-hybridized carbons (Fsp3) is 0.375. The molecule has 3 heterocycles. The highest BCUT2D eigenvalue weighted by atomic mass is 32.2. The van der Waals surface area contributed by atoms with Crippen molar-refractivity contribution in [2.75, 3.05) is 31.2 Å². The van der Waals surface area contributed by atoms with Gasteiger partial charge in [0.1, 0.15) is 5.76 Å². The molecule has 2 aliphatic rings. The van der Waals surface area contributed by atoms with E-state index in [2.05, 4.69) is 11.5 Å². The summed E-state index contributed by atoms with van der Waals surface area (Å²) < 4.78 is 11.1. The number of amides is 2. The van der Waals surface area contributed by atoms with E-state index in [1.165, 1.54) is 4.90 Å². The maximum Gasteiger partial charge on any atom is 0.294 e. The van der Waals surface area contributed by atoms with Crippen molar-refractivity contribution in [3.63, 3.8) is 0 Å². The largest absolute Gasteiger partial charge is 0.441 e. The quantitative estimate of drug-likeness (QED) is 0.623. The van der Waals surface area contributed by atoms with E-state index in [1.807, 2.05) is 6.07 Å². The molecule has 7 heteroatoms. The summed E-state index contributed by atoms with van der Waals surface area (Å²) in [5.74, 6) is 0.998. The van der Waals surface area contributed by atoms with Crippen LogP contribution < -0.4 is 4.90 Å². The lowest BCUT2D eigenvalue weighted by Crippen LogP contribution is -2.35. The van der Waals surface area contributed by atoms with Gasteiger partial charge in [-0.05, 0) is 24.8 Å². The van der Waals surface area contributed by atoms with E-state index in [0.29, 0.717) is 23.9 Å². The highest BCUT2D eigenvalue weighted by Crippen LogP contribution is 2.34. The number of nitrogens with zero attached hydrogens (tertiary/aromatic N) is 2. The lowest BCUT2D eigenvalue weighted by molar-refractivity contribution is -0.123. The first kappa shape index (κ1) is 15.9. The fourth-order valence-electron chi connectivity index (χ4n) is 2.44. The second-order valence-corrected chi connectivity index (χ2v) is 6.30. The van der Waals surface area contributed by atoms with Crippen molar-refractivity contribution in [3.05, 3.63) is 35.5 Å². The Bertz CT molecular complexity index is 661. The molecule has 1 aromatic rings. The van der Waals surface area contributed by atoms with Gasteiger partial charge in [0.25, 0.3) is 11.1 Å². The third-order valence-electron chi connectivity index (χ3n) is 3.78. The number of imide groups is 1. The van der Waals surface area contributed by atoms with Gasteiger partial charge in [-0.25, -0.2) is 0 Å². The summed E-state index contributed by atoms with van der Waals surface area (Å²) in [6.07, 6.45) is 3.19. The van der Waals surface area contributed by atoms with Gasteiger partial charge in [-0.15, -0.1) is 6.58 Å². The van der Waals surface area contributed by atoms with Crippen molar-refractivity contribution in [1.29, 1.82) is 0 Å². The highest BCUT2D eigenvalue weighted by molar-refractivity contribution is 8.18. The standard InChI is InChI=1S/C16H18N2O4S/c1-3-11(2)18-15(19)13(23-16(18)20)10-12-4-5-14(22-12)17-6-8-21-9-7-17/h3-5,10-11H,1,6-9H2,2H3/b13-10-/t11-/m0/s1. The molecular formula is C16H18N2O4S. The van der Waals surface area contributed by atoms with Gasteiger partial charge in [0.05, 0.1) is 24.2 Å². The van der Waals surface area contributed by atoms with Gasteiger partial charge < -0.3 is 14.1 Å². The van der Waals surface area contributed by atoms with E-state index in [4.69, 9.17) is 9.15 Å². The molecule has 2 fully saturated rings. The third kappa shape index (κ3) is 3.20. The van der Waals surface area contributed by atoms with Gasteiger partial charge in [-0.1, -0.05) is 6.08 Å². The van der Waals surface area contributed by atoms with E-state index in [-0.39, 0.29) is 17.2 Å². The van der Waals surface area contributed by atoms with Crippen molar-refractivity contribution in [3.8, 4) is 0 Å². The van der Waals surface area contributed by atoms with E-state index in [1.54, 1.807) is 25.1 Å². The zero-order valence-electron chi connectivity index (χ0n) is 12.9. The summed E-state index contributed by atoms with van der Waals surface area (Å²) in [5, 5.41) is -0.284. The van der Waals surface area contributed by atoms with E-state index >= 15 is 0 Å². The lowest BCUT2D eigenvalue weighted by atomic mass is 10.3. The van der Waals surface area contributed by atoms with Gasteiger partial charge >= 0.3 is 0 Å². The van der Waals surface area contributed by atoms with Crippen molar-refractivity contribution in [2.45, 2.75) is 13.0 Å². The molecule has 122 valence electrons. The SMILES string of the molecule is C=C[C@H](C)N1C(=O)S/C(=C\c2ccc(N3CCOCC3)o2)C1=O. The number of rotatable bonds is 4. The minimum Gasteiger partial charge on any atom is -0.441 e. The first-order valence-electron chi connectivity index (χ1n) is 7.42. The molecule has 2 saturated heterocycles. The van der Waals surface area contributed by atoms with E-state index in [0.717, 1.165) is 30.7 Å². The molecule has 0 aliphatic carbocycles. The second-order valence-electron chi connectivity index (χ2n) is 5.30. The normalized spacial score (nSPS) is 22.0. The zero-order chi connectivity index (χ0) is 16.4. The molecule has 0 aromatic carbocycles. The molecule has 1 atom stereocenters. The van der Waals surface area contributed by atoms with E-state index < -0.39 is 0 Å². The van der Waals surface area contributed by atoms with Crippen LogP contribution in [0.2, 0.25) is 0 Å². The van der Waals surface area contributed by atoms with Crippen LogP contribution in [0.25, 0.3) is 6.08 Å². The van der Waals surface area contributed by atoms with Gasteiger partial charge in [-0.2, -0.15) is 0 Å². The Morgan fingerprint density at radius 2 is 2.04 bits per heavy atom. The number of morpholine rings is 1. The predicted molar refractivity (Wildman–Crippen MR) is 89.2 cm³/mol. The lowest BCUT2D eigenvalue weighted by Gasteiger charge is -2.26. The number of thioether (sulfide) groups is 1. The van der Waals surface area contributed by atoms with Crippen LogP contribution in [0.15, 0.2) is 34.1 Å².